The van der Waals surface area contributed by atoms with Gasteiger partial charge in [-0.25, -0.2) is 0 Å². The van der Waals surface area contributed by atoms with Crippen LogP contribution in [0.1, 0.15) is 5.56 Å². The zero-order valence-corrected chi connectivity index (χ0v) is 9.22. The molecule has 0 aliphatic heterocycles. The number of carbonyl (C=O) groups is 1. The standard InChI is InChI=1S/C12H13N3O2/c13-12(16)8-17-15-7-9-3-4-11-10(6-9)2-1-5-14-11/h1-6,15H,7-8H2,(H2,13,16). The molecule has 5 nitrogen and oxygen atoms in total. The Morgan fingerprint density at radius 2 is 2.29 bits per heavy atom. The molecule has 5 heteroatoms. The van der Waals surface area contributed by atoms with E-state index in [2.05, 4.69) is 10.5 Å². The van der Waals surface area contributed by atoms with Crippen LogP contribution < -0.4 is 11.2 Å². The summed E-state index contributed by atoms with van der Waals surface area (Å²) in [6, 6.07) is 9.80. The third kappa shape index (κ3) is 3.24. The van der Waals surface area contributed by atoms with Crippen LogP contribution >= 0.6 is 0 Å². The quantitative estimate of drug-likeness (QED) is 0.587. The van der Waals surface area contributed by atoms with Crippen molar-refractivity contribution in [1.82, 2.24) is 10.5 Å². The van der Waals surface area contributed by atoms with E-state index < -0.39 is 5.91 Å². The van der Waals surface area contributed by atoms with Gasteiger partial charge in [0, 0.05) is 18.1 Å². The van der Waals surface area contributed by atoms with E-state index in [9.17, 15) is 4.79 Å². The van der Waals surface area contributed by atoms with Gasteiger partial charge < -0.3 is 5.73 Å². The number of nitrogens with one attached hydrogen (secondary N) is 1. The first-order valence-electron chi connectivity index (χ1n) is 5.22. The Morgan fingerprint density at radius 1 is 1.41 bits per heavy atom. The number of rotatable bonds is 5. The molecule has 88 valence electrons. The van der Waals surface area contributed by atoms with Crippen LogP contribution in [0.5, 0.6) is 0 Å². The van der Waals surface area contributed by atoms with Crippen LogP contribution in [0.15, 0.2) is 36.5 Å². The molecule has 0 aliphatic carbocycles. The molecule has 17 heavy (non-hydrogen) atoms. The molecule has 0 aliphatic rings. The maximum absolute atomic E-state index is 10.4. The molecule has 0 unspecified atom stereocenters. The second-order valence-electron chi connectivity index (χ2n) is 3.61. The normalized spacial score (nSPS) is 10.6. The van der Waals surface area contributed by atoms with Crippen molar-refractivity contribution in [2.24, 2.45) is 5.73 Å². The SMILES string of the molecule is NC(=O)CONCc1ccc2ncccc2c1. The number of pyridine rings is 1. The molecule has 0 saturated carbocycles. The van der Waals surface area contributed by atoms with Crippen molar-refractivity contribution in [3.63, 3.8) is 0 Å². The highest BCUT2D eigenvalue weighted by molar-refractivity contribution is 5.78. The average Bonchev–Trinajstić information content (AvgIpc) is 2.34. The number of hydrogen-bond acceptors (Lipinski definition) is 4. The maximum atomic E-state index is 10.4. The Kier molecular flexibility index (Phi) is 3.64. The number of amides is 1. The number of nitrogens with zero attached hydrogens (tertiary/aromatic N) is 1. The summed E-state index contributed by atoms with van der Waals surface area (Å²) in [5.74, 6) is -0.500. The molecule has 0 atom stereocenters. The summed E-state index contributed by atoms with van der Waals surface area (Å²) >= 11 is 0. The van der Waals surface area contributed by atoms with Gasteiger partial charge in [-0.2, -0.15) is 5.48 Å². The molecular weight excluding hydrogens is 218 g/mol. The molecule has 0 bridgehead atoms. The fourth-order valence-electron chi connectivity index (χ4n) is 1.49. The fraction of sp³-hybridized carbons (Fsp3) is 0.167. The van der Waals surface area contributed by atoms with Crippen LogP contribution in [0.25, 0.3) is 10.9 Å². The van der Waals surface area contributed by atoms with Crippen LogP contribution in [0, 0.1) is 0 Å². The molecule has 1 heterocycles. The van der Waals surface area contributed by atoms with Crippen molar-refractivity contribution < 1.29 is 9.63 Å². The van der Waals surface area contributed by atoms with Gasteiger partial charge >= 0.3 is 0 Å². The summed E-state index contributed by atoms with van der Waals surface area (Å²) in [6.07, 6.45) is 1.76. The third-order valence-corrected chi connectivity index (χ3v) is 2.26. The van der Waals surface area contributed by atoms with E-state index in [4.69, 9.17) is 10.6 Å². The second-order valence-corrected chi connectivity index (χ2v) is 3.61. The smallest absolute Gasteiger partial charge is 0.245 e. The van der Waals surface area contributed by atoms with Gasteiger partial charge in [0.2, 0.25) is 5.91 Å². The van der Waals surface area contributed by atoms with Crippen LogP contribution in [-0.4, -0.2) is 17.5 Å². The highest BCUT2D eigenvalue weighted by Crippen LogP contribution is 2.12. The largest absolute Gasteiger partial charge is 0.368 e. The van der Waals surface area contributed by atoms with Gasteiger partial charge in [0.15, 0.2) is 0 Å². The molecule has 0 saturated heterocycles. The van der Waals surface area contributed by atoms with Crippen molar-refractivity contribution in [1.29, 1.82) is 0 Å². The average molecular weight is 231 g/mol. The number of hydroxylamine groups is 1. The summed E-state index contributed by atoms with van der Waals surface area (Å²) < 4.78 is 0. The summed E-state index contributed by atoms with van der Waals surface area (Å²) in [5, 5.41) is 1.07. The highest BCUT2D eigenvalue weighted by atomic mass is 16.6. The molecule has 0 fully saturated rings. The summed E-state index contributed by atoms with van der Waals surface area (Å²) in [7, 11) is 0. The fourth-order valence-corrected chi connectivity index (χ4v) is 1.49. The Hall–Kier alpha value is -1.98. The lowest BCUT2D eigenvalue weighted by Crippen LogP contribution is -2.24. The topological polar surface area (TPSA) is 77.2 Å². The lowest BCUT2D eigenvalue weighted by molar-refractivity contribution is -0.125. The van der Waals surface area contributed by atoms with Gasteiger partial charge in [0.25, 0.3) is 0 Å². The van der Waals surface area contributed by atoms with Crippen molar-refractivity contribution in [2.45, 2.75) is 6.54 Å². The number of hydrogen-bond donors (Lipinski definition) is 2. The number of nitrogens with two attached hydrogens (primary N) is 1. The number of benzene rings is 1. The second kappa shape index (κ2) is 5.38. The minimum Gasteiger partial charge on any atom is -0.368 e. The Labute approximate surface area is 98.5 Å². The summed E-state index contributed by atoms with van der Waals surface area (Å²) in [6.45, 7) is 0.382. The summed E-state index contributed by atoms with van der Waals surface area (Å²) in [4.78, 5) is 19.5. The zero-order valence-electron chi connectivity index (χ0n) is 9.22. The predicted octanol–water partition coefficient (Wildman–Crippen LogP) is 0.741. The molecule has 2 rings (SSSR count). The van der Waals surface area contributed by atoms with E-state index >= 15 is 0 Å². The van der Waals surface area contributed by atoms with Crippen LogP contribution in [-0.2, 0) is 16.2 Å². The van der Waals surface area contributed by atoms with E-state index in [1.54, 1.807) is 6.20 Å². The minimum atomic E-state index is -0.500. The lowest BCUT2D eigenvalue weighted by Gasteiger charge is -2.05. The Bertz CT molecular complexity index is 528. The Morgan fingerprint density at radius 3 is 3.12 bits per heavy atom. The van der Waals surface area contributed by atoms with Gasteiger partial charge in [0.05, 0.1) is 5.52 Å². The third-order valence-electron chi connectivity index (χ3n) is 2.26. The van der Waals surface area contributed by atoms with E-state index in [1.807, 2.05) is 30.3 Å². The number of primary amides is 1. The van der Waals surface area contributed by atoms with E-state index in [1.165, 1.54) is 0 Å². The predicted molar refractivity (Wildman–Crippen MR) is 63.7 cm³/mol. The molecule has 0 spiro atoms. The maximum Gasteiger partial charge on any atom is 0.245 e. The first-order valence-corrected chi connectivity index (χ1v) is 5.22. The molecule has 1 aromatic carbocycles. The molecule has 2 aromatic rings. The van der Waals surface area contributed by atoms with E-state index in [-0.39, 0.29) is 6.61 Å². The lowest BCUT2D eigenvalue weighted by atomic mass is 10.1. The molecule has 3 N–H and O–H groups in total. The van der Waals surface area contributed by atoms with E-state index in [0.29, 0.717) is 6.54 Å². The van der Waals surface area contributed by atoms with Gasteiger partial charge in [-0.05, 0) is 23.8 Å². The van der Waals surface area contributed by atoms with Crippen LogP contribution in [0.2, 0.25) is 0 Å². The number of carbonyl (C=O) groups excluding carboxylic acids is 1. The molecular formula is C12H13N3O2. The molecule has 1 amide bonds. The van der Waals surface area contributed by atoms with E-state index in [0.717, 1.165) is 16.5 Å². The minimum absolute atomic E-state index is 0.130. The first-order chi connectivity index (χ1) is 8.25. The molecule has 1 aromatic heterocycles. The summed E-state index contributed by atoms with van der Waals surface area (Å²) in [5.41, 5.74) is 9.61. The van der Waals surface area contributed by atoms with Crippen molar-refractivity contribution in [2.75, 3.05) is 6.61 Å². The van der Waals surface area contributed by atoms with Crippen molar-refractivity contribution in [3.8, 4) is 0 Å². The number of fused-ring (bicyclic) bond motifs is 1. The van der Waals surface area contributed by atoms with Crippen molar-refractivity contribution in [3.05, 3.63) is 42.1 Å². The van der Waals surface area contributed by atoms with Crippen LogP contribution in [0.4, 0.5) is 0 Å². The highest BCUT2D eigenvalue weighted by Gasteiger charge is 1.98. The monoisotopic (exact) mass is 231 g/mol. The number of aromatic nitrogens is 1. The van der Waals surface area contributed by atoms with Crippen molar-refractivity contribution >= 4 is 16.8 Å². The Balaban J connectivity index is 1.97. The van der Waals surface area contributed by atoms with Gasteiger partial charge in [-0.1, -0.05) is 12.1 Å². The zero-order chi connectivity index (χ0) is 12.1. The van der Waals surface area contributed by atoms with Gasteiger partial charge in [-0.3, -0.25) is 14.6 Å². The molecule has 0 radical (unpaired) electrons. The van der Waals surface area contributed by atoms with Gasteiger partial charge in [0.1, 0.15) is 6.61 Å². The van der Waals surface area contributed by atoms with Crippen LogP contribution in [0.3, 0.4) is 0 Å². The van der Waals surface area contributed by atoms with Gasteiger partial charge in [-0.15, -0.1) is 0 Å². The first kappa shape index (κ1) is 11.5.